The zero-order chi connectivity index (χ0) is 14.0. The van der Waals surface area contributed by atoms with E-state index in [-0.39, 0.29) is 18.1 Å². The van der Waals surface area contributed by atoms with Gasteiger partial charge in [-0.2, -0.15) is 0 Å². The molecule has 1 heterocycles. The average molecular weight is 262 g/mol. The minimum absolute atomic E-state index is 0.113. The molecule has 4 heteroatoms. The van der Waals surface area contributed by atoms with Gasteiger partial charge in [0.25, 0.3) is 0 Å². The summed E-state index contributed by atoms with van der Waals surface area (Å²) in [7, 11) is 0. The van der Waals surface area contributed by atoms with Crippen molar-refractivity contribution in [3.05, 3.63) is 29.8 Å². The lowest BCUT2D eigenvalue weighted by molar-refractivity contribution is -0.126. The largest absolute Gasteiger partial charge is 0.394 e. The summed E-state index contributed by atoms with van der Waals surface area (Å²) in [6.45, 7) is 6.62. The third-order valence-corrected chi connectivity index (χ3v) is 3.56. The van der Waals surface area contributed by atoms with Crippen molar-refractivity contribution in [2.45, 2.75) is 38.8 Å². The van der Waals surface area contributed by atoms with Crippen LogP contribution in [0.2, 0.25) is 0 Å². The zero-order valence-electron chi connectivity index (χ0n) is 11.8. The van der Waals surface area contributed by atoms with Crippen LogP contribution in [-0.4, -0.2) is 35.7 Å². The van der Waals surface area contributed by atoms with Gasteiger partial charge in [0.15, 0.2) is 0 Å². The SMILES string of the molecule is CCc1ccc(N2CC(C)(C)NC(=O)C2CO)cc1. The second-order valence-corrected chi connectivity index (χ2v) is 5.72. The van der Waals surface area contributed by atoms with Crippen molar-refractivity contribution in [1.29, 1.82) is 0 Å². The highest BCUT2D eigenvalue weighted by molar-refractivity contribution is 5.87. The third-order valence-electron chi connectivity index (χ3n) is 3.56. The first-order valence-electron chi connectivity index (χ1n) is 6.75. The smallest absolute Gasteiger partial charge is 0.245 e. The standard InChI is InChI=1S/C15H22N2O2/c1-4-11-5-7-12(8-6-11)17-10-15(2,3)16-14(19)13(17)9-18/h5-8,13,18H,4,9-10H2,1-3H3,(H,16,19). The van der Waals surface area contributed by atoms with E-state index in [1.54, 1.807) is 0 Å². The van der Waals surface area contributed by atoms with E-state index < -0.39 is 6.04 Å². The number of aryl methyl sites for hydroxylation is 1. The Morgan fingerprint density at radius 1 is 1.37 bits per heavy atom. The molecule has 0 aromatic heterocycles. The Morgan fingerprint density at radius 2 is 2.00 bits per heavy atom. The van der Waals surface area contributed by atoms with Crippen LogP contribution in [0.25, 0.3) is 0 Å². The number of anilines is 1. The van der Waals surface area contributed by atoms with Gasteiger partial charge in [-0.15, -0.1) is 0 Å². The number of aliphatic hydroxyl groups is 1. The summed E-state index contributed by atoms with van der Waals surface area (Å²) in [5.41, 5.74) is 1.97. The summed E-state index contributed by atoms with van der Waals surface area (Å²) >= 11 is 0. The van der Waals surface area contributed by atoms with Crippen LogP contribution < -0.4 is 10.2 Å². The van der Waals surface area contributed by atoms with E-state index in [0.717, 1.165) is 12.1 Å². The number of piperazine rings is 1. The molecule has 1 aromatic rings. The molecule has 1 aliphatic heterocycles. The van der Waals surface area contributed by atoms with E-state index in [1.165, 1.54) is 5.56 Å². The lowest BCUT2D eigenvalue weighted by atomic mass is 9.97. The zero-order valence-corrected chi connectivity index (χ0v) is 11.8. The molecule has 2 N–H and O–H groups in total. The van der Waals surface area contributed by atoms with Crippen LogP contribution in [-0.2, 0) is 11.2 Å². The fourth-order valence-corrected chi connectivity index (χ4v) is 2.51. The van der Waals surface area contributed by atoms with Crippen LogP contribution in [0.15, 0.2) is 24.3 Å². The van der Waals surface area contributed by atoms with Crippen molar-refractivity contribution in [1.82, 2.24) is 5.32 Å². The van der Waals surface area contributed by atoms with E-state index in [2.05, 4.69) is 24.4 Å². The van der Waals surface area contributed by atoms with Crippen LogP contribution in [0.4, 0.5) is 5.69 Å². The van der Waals surface area contributed by atoms with Gasteiger partial charge in [-0.25, -0.2) is 0 Å². The number of carbonyl (C=O) groups is 1. The number of hydrogen-bond acceptors (Lipinski definition) is 3. The predicted octanol–water partition coefficient (Wildman–Crippen LogP) is 1.32. The second kappa shape index (κ2) is 5.21. The van der Waals surface area contributed by atoms with Crippen molar-refractivity contribution in [2.24, 2.45) is 0 Å². The molecule has 104 valence electrons. The Kier molecular flexibility index (Phi) is 3.80. The Hall–Kier alpha value is -1.55. The topological polar surface area (TPSA) is 52.6 Å². The maximum Gasteiger partial charge on any atom is 0.245 e. The molecule has 1 amide bonds. The van der Waals surface area contributed by atoms with Gasteiger partial charge in [-0.05, 0) is 38.0 Å². The molecule has 1 unspecified atom stereocenters. The molecular weight excluding hydrogens is 240 g/mol. The van der Waals surface area contributed by atoms with E-state index in [4.69, 9.17) is 0 Å². The number of nitrogens with zero attached hydrogens (tertiary/aromatic N) is 1. The molecule has 0 radical (unpaired) electrons. The van der Waals surface area contributed by atoms with Gasteiger partial charge in [-0.3, -0.25) is 4.79 Å². The van der Waals surface area contributed by atoms with Crippen LogP contribution in [0.1, 0.15) is 26.3 Å². The Labute approximate surface area is 114 Å². The molecule has 1 atom stereocenters. The van der Waals surface area contributed by atoms with Crippen molar-refractivity contribution in [3.8, 4) is 0 Å². The van der Waals surface area contributed by atoms with E-state index in [1.807, 2.05) is 30.9 Å². The first-order valence-corrected chi connectivity index (χ1v) is 6.75. The molecule has 0 aliphatic carbocycles. The Bertz CT molecular complexity index is 454. The third kappa shape index (κ3) is 2.89. The van der Waals surface area contributed by atoms with Crippen LogP contribution in [0.3, 0.4) is 0 Å². The van der Waals surface area contributed by atoms with E-state index in [0.29, 0.717) is 6.54 Å². The van der Waals surface area contributed by atoms with Crippen molar-refractivity contribution in [2.75, 3.05) is 18.1 Å². The van der Waals surface area contributed by atoms with Gasteiger partial charge < -0.3 is 15.3 Å². The molecule has 0 spiro atoms. The molecular formula is C15H22N2O2. The molecule has 1 fully saturated rings. The summed E-state index contributed by atoms with van der Waals surface area (Å²) in [4.78, 5) is 14.0. The van der Waals surface area contributed by atoms with Crippen molar-refractivity contribution in [3.63, 3.8) is 0 Å². The van der Waals surface area contributed by atoms with Crippen LogP contribution >= 0.6 is 0 Å². The fraction of sp³-hybridized carbons (Fsp3) is 0.533. The lowest BCUT2D eigenvalue weighted by Crippen LogP contribution is -2.66. The minimum atomic E-state index is -0.500. The summed E-state index contributed by atoms with van der Waals surface area (Å²) < 4.78 is 0. The number of nitrogens with one attached hydrogen (secondary N) is 1. The van der Waals surface area contributed by atoms with Crippen LogP contribution in [0, 0.1) is 0 Å². The molecule has 1 aromatic carbocycles. The molecule has 1 saturated heterocycles. The van der Waals surface area contributed by atoms with Gasteiger partial charge in [0, 0.05) is 12.2 Å². The molecule has 1 aliphatic rings. The van der Waals surface area contributed by atoms with Crippen molar-refractivity contribution < 1.29 is 9.90 Å². The van der Waals surface area contributed by atoms with Gasteiger partial charge in [-0.1, -0.05) is 19.1 Å². The summed E-state index contributed by atoms with van der Waals surface area (Å²) in [6, 6.07) is 7.69. The molecule has 2 rings (SSSR count). The second-order valence-electron chi connectivity index (χ2n) is 5.72. The maximum absolute atomic E-state index is 12.0. The van der Waals surface area contributed by atoms with Crippen molar-refractivity contribution >= 4 is 11.6 Å². The highest BCUT2D eigenvalue weighted by Gasteiger charge is 2.38. The molecule has 0 bridgehead atoms. The van der Waals surface area contributed by atoms with E-state index in [9.17, 15) is 9.90 Å². The first kappa shape index (κ1) is 13.9. The Balaban J connectivity index is 2.30. The normalized spacial score (nSPS) is 22.2. The summed E-state index contributed by atoms with van der Waals surface area (Å²) in [5.74, 6) is -0.113. The number of hydrogen-bond donors (Lipinski definition) is 2. The first-order chi connectivity index (χ1) is 8.96. The van der Waals surface area contributed by atoms with E-state index >= 15 is 0 Å². The van der Waals surface area contributed by atoms with Crippen LogP contribution in [0.5, 0.6) is 0 Å². The monoisotopic (exact) mass is 262 g/mol. The highest BCUT2D eigenvalue weighted by atomic mass is 16.3. The fourth-order valence-electron chi connectivity index (χ4n) is 2.51. The molecule has 4 nitrogen and oxygen atoms in total. The Morgan fingerprint density at radius 3 is 2.53 bits per heavy atom. The predicted molar refractivity (Wildman–Crippen MR) is 76.3 cm³/mol. The van der Waals surface area contributed by atoms with Gasteiger partial charge in [0.1, 0.15) is 6.04 Å². The lowest BCUT2D eigenvalue weighted by Gasteiger charge is -2.44. The summed E-state index contributed by atoms with van der Waals surface area (Å²) in [5, 5.41) is 12.4. The quantitative estimate of drug-likeness (QED) is 0.864. The maximum atomic E-state index is 12.0. The number of benzene rings is 1. The van der Waals surface area contributed by atoms with Gasteiger partial charge >= 0.3 is 0 Å². The average Bonchev–Trinajstić information content (AvgIpc) is 2.37. The minimum Gasteiger partial charge on any atom is -0.394 e. The number of rotatable bonds is 3. The number of aliphatic hydroxyl groups excluding tert-OH is 1. The number of amides is 1. The molecule has 19 heavy (non-hydrogen) atoms. The highest BCUT2D eigenvalue weighted by Crippen LogP contribution is 2.24. The van der Waals surface area contributed by atoms with Gasteiger partial charge in [0.05, 0.1) is 12.1 Å². The summed E-state index contributed by atoms with van der Waals surface area (Å²) in [6.07, 6.45) is 0.996. The number of carbonyl (C=O) groups excluding carboxylic acids is 1. The van der Waals surface area contributed by atoms with Gasteiger partial charge in [0.2, 0.25) is 5.91 Å². The molecule has 0 saturated carbocycles.